The maximum Gasteiger partial charge on any atom is 0.305 e. The zero-order valence-electron chi connectivity index (χ0n) is 24.2. The Kier molecular flexibility index (Phi) is 7.23. The largest absolute Gasteiger partial charge is 0.510 e. The van der Waals surface area contributed by atoms with Gasteiger partial charge in [0, 0.05) is 24.1 Å². The Morgan fingerprint density at radius 1 is 0.950 bits per heavy atom. The highest BCUT2D eigenvalue weighted by molar-refractivity contribution is 6.19. The van der Waals surface area contributed by atoms with Crippen molar-refractivity contribution in [3.63, 3.8) is 0 Å². The Hall–Kier alpha value is -4.04. The quantitative estimate of drug-likeness (QED) is 0.384. The summed E-state index contributed by atoms with van der Waals surface area (Å²) in [5.74, 6) is -0.0627. The van der Waals surface area contributed by atoms with Gasteiger partial charge >= 0.3 is 5.97 Å². The van der Waals surface area contributed by atoms with Gasteiger partial charge in [-0.3, -0.25) is 4.79 Å². The number of aliphatic imine (C=N–C) groups is 3. The van der Waals surface area contributed by atoms with E-state index in [0.29, 0.717) is 29.9 Å². The number of hydrogen-bond donors (Lipinski definition) is 3. The van der Waals surface area contributed by atoms with Gasteiger partial charge in [-0.15, -0.1) is 0 Å². The fourth-order valence-electron chi connectivity index (χ4n) is 5.83. The molecule has 8 bridgehead atoms. The molecule has 5 rings (SSSR count). The van der Waals surface area contributed by atoms with Crippen LogP contribution in [0.2, 0.25) is 0 Å². The van der Waals surface area contributed by atoms with Crippen LogP contribution in [0.3, 0.4) is 0 Å². The first-order valence-corrected chi connectivity index (χ1v) is 13.7. The summed E-state index contributed by atoms with van der Waals surface area (Å²) in [4.78, 5) is 26.9. The molecule has 0 saturated heterocycles. The van der Waals surface area contributed by atoms with Crippen LogP contribution >= 0.6 is 0 Å². The van der Waals surface area contributed by atoms with Crippen LogP contribution in [-0.2, 0) is 9.53 Å². The van der Waals surface area contributed by atoms with Gasteiger partial charge in [0.15, 0.2) is 0 Å². The molecule has 208 valence electrons. The highest BCUT2D eigenvalue weighted by Gasteiger charge is 2.30. The summed E-state index contributed by atoms with van der Waals surface area (Å²) in [6.45, 7) is 11.9. The molecule has 0 aromatic heterocycles. The van der Waals surface area contributed by atoms with Gasteiger partial charge in [-0.05, 0) is 99.1 Å². The zero-order chi connectivity index (χ0) is 28.9. The summed E-state index contributed by atoms with van der Waals surface area (Å²) in [7, 11) is 1.38. The number of methoxy groups -OCH3 is 1. The lowest BCUT2D eigenvalue weighted by molar-refractivity contribution is -0.140. The standard InChI is InChI=1S/C32H36N4O4/c1-8-20-15(2)23-12-28-31(19(6)37)17(4)24(35-28)11-22-16(3)21(9-10-30(39)40-7)26(33-22)13-27-29(38)14-25(34-27)18(5)32(20)36-23/h11-13,19,34,37-38H,8-10,14H2,1-7H3/t19-/m1/s1. The van der Waals surface area contributed by atoms with Gasteiger partial charge in [-0.2, -0.15) is 0 Å². The van der Waals surface area contributed by atoms with Crippen molar-refractivity contribution >= 4 is 23.1 Å². The first-order chi connectivity index (χ1) is 19.0. The summed E-state index contributed by atoms with van der Waals surface area (Å²) in [6.07, 6.45) is 6.86. The minimum atomic E-state index is -0.713. The molecule has 8 heteroatoms. The molecule has 0 aliphatic carbocycles. The maximum absolute atomic E-state index is 12.0. The van der Waals surface area contributed by atoms with Crippen molar-refractivity contribution in [1.82, 2.24) is 5.32 Å². The SMILES string of the molecule is CCC1=C(C)C2=CC3=NC(=CC4=NC(=CC5=C(O)CC(=C(C)C1=N2)N5)C(CCC(=O)OC)=C4C)C(C)=C3[C@@H](C)O. The van der Waals surface area contributed by atoms with E-state index in [0.717, 1.165) is 73.9 Å². The average Bonchev–Trinajstić information content (AvgIpc) is 3.61. The van der Waals surface area contributed by atoms with Gasteiger partial charge < -0.3 is 20.3 Å². The molecule has 0 saturated carbocycles. The highest BCUT2D eigenvalue weighted by atomic mass is 16.5. The van der Waals surface area contributed by atoms with Crippen LogP contribution < -0.4 is 5.32 Å². The molecular weight excluding hydrogens is 504 g/mol. The average molecular weight is 541 g/mol. The van der Waals surface area contributed by atoms with E-state index < -0.39 is 6.10 Å². The van der Waals surface area contributed by atoms with E-state index in [4.69, 9.17) is 19.7 Å². The Morgan fingerprint density at radius 2 is 1.62 bits per heavy atom. The molecule has 3 N–H and O–H groups in total. The second-order valence-electron chi connectivity index (χ2n) is 10.7. The number of nitrogens with one attached hydrogen (secondary N) is 1. The Labute approximate surface area is 235 Å². The normalized spacial score (nSPS) is 21.4. The van der Waals surface area contributed by atoms with Crippen molar-refractivity contribution in [1.29, 1.82) is 0 Å². The summed E-state index contributed by atoms with van der Waals surface area (Å²) < 4.78 is 4.88. The number of nitrogens with zero attached hydrogens (tertiary/aromatic N) is 3. The third-order valence-electron chi connectivity index (χ3n) is 8.20. The number of carbonyl (C=O) groups is 1. The van der Waals surface area contributed by atoms with E-state index in [2.05, 4.69) is 19.2 Å². The van der Waals surface area contributed by atoms with Crippen molar-refractivity contribution in [3.8, 4) is 0 Å². The lowest BCUT2D eigenvalue weighted by Crippen LogP contribution is -2.12. The minimum absolute atomic E-state index is 0.217. The van der Waals surface area contributed by atoms with Crippen molar-refractivity contribution in [2.45, 2.75) is 73.3 Å². The van der Waals surface area contributed by atoms with Gasteiger partial charge in [0.2, 0.25) is 0 Å². The molecule has 8 nitrogen and oxygen atoms in total. The monoisotopic (exact) mass is 540 g/mol. The topological polar surface area (TPSA) is 116 Å². The van der Waals surface area contributed by atoms with Gasteiger partial charge in [-0.1, -0.05) is 6.92 Å². The third kappa shape index (κ3) is 4.66. The zero-order valence-corrected chi connectivity index (χ0v) is 24.2. The predicted molar refractivity (Wildman–Crippen MR) is 158 cm³/mol. The van der Waals surface area contributed by atoms with E-state index in [1.54, 1.807) is 6.92 Å². The second-order valence-corrected chi connectivity index (χ2v) is 10.7. The molecule has 0 fully saturated rings. The Bertz CT molecular complexity index is 1580. The molecule has 0 aromatic rings. The summed E-state index contributed by atoms with van der Waals surface area (Å²) in [6, 6.07) is 0. The molecule has 5 heterocycles. The van der Waals surface area contributed by atoms with Crippen molar-refractivity contribution in [3.05, 3.63) is 91.5 Å². The number of rotatable bonds is 5. The maximum atomic E-state index is 12.0. The number of carbonyl (C=O) groups excluding carboxylic acids is 1. The van der Waals surface area contributed by atoms with Gasteiger partial charge in [0.25, 0.3) is 0 Å². The summed E-state index contributed by atoms with van der Waals surface area (Å²) in [5.41, 5.74) is 12.7. The highest BCUT2D eigenvalue weighted by Crippen LogP contribution is 2.38. The number of ether oxygens (including phenoxy) is 1. The molecule has 5 aliphatic rings. The third-order valence-corrected chi connectivity index (χ3v) is 8.20. The first kappa shape index (κ1) is 27.5. The first-order valence-electron chi connectivity index (χ1n) is 13.7. The number of hydrogen-bond acceptors (Lipinski definition) is 8. The molecule has 0 unspecified atom stereocenters. The van der Waals surface area contributed by atoms with Crippen LogP contribution in [0, 0.1) is 0 Å². The molecule has 0 spiro atoms. The van der Waals surface area contributed by atoms with Crippen molar-refractivity contribution < 1.29 is 19.7 Å². The van der Waals surface area contributed by atoms with Crippen molar-refractivity contribution in [2.75, 3.05) is 7.11 Å². The lowest BCUT2D eigenvalue weighted by atomic mass is 9.96. The Morgan fingerprint density at radius 3 is 2.30 bits per heavy atom. The summed E-state index contributed by atoms with van der Waals surface area (Å²) in [5, 5.41) is 25.1. The second kappa shape index (κ2) is 10.5. The van der Waals surface area contributed by atoms with E-state index in [-0.39, 0.29) is 18.1 Å². The molecular formula is C32H36N4O4. The van der Waals surface area contributed by atoms with E-state index >= 15 is 0 Å². The number of fused-ring (bicyclic) bond motifs is 5. The van der Waals surface area contributed by atoms with Gasteiger partial charge in [0.05, 0.1) is 53.1 Å². The van der Waals surface area contributed by atoms with Crippen molar-refractivity contribution in [2.24, 2.45) is 15.0 Å². The lowest BCUT2D eigenvalue weighted by Gasteiger charge is -2.11. The molecule has 1 atom stereocenters. The molecule has 40 heavy (non-hydrogen) atoms. The minimum Gasteiger partial charge on any atom is -0.510 e. The van der Waals surface area contributed by atoms with Crippen LogP contribution in [0.15, 0.2) is 106 Å². The molecule has 5 aliphatic heterocycles. The molecule has 0 amide bonds. The molecule has 0 aromatic carbocycles. The number of esters is 1. The smallest absolute Gasteiger partial charge is 0.305 e. The van der Waals surface area contributed by atoms with Gasteiger partial charge in [-0.25, -0.2) is 15.0 Å². The number of allylic oxidation sites excluding steroid dienone is 9. The van der Waals surface area contributed by atoms with E-state index in [1.807, 2.05) is 39.0 Å². The van der Waals surface area contributed by atoms with Crippen LogP contribution in [0.1, 0.15) is 67.2 Å². The summed E-state index contributed by atoms with van der Waals surface area (Å²) >= 11 is 0. The Balaban J connectivity index is 1.74. The van der Waals surface area contributed by atoms with Crippen LogP contribution in [0.4, 0.5) is 0 Å². The number of aliphatic hydroxyl groups excluding tert-OH is 2. The fraction of sp³-hybridized carbons (Fsp3) is 0.375. The van der Waals surface area contributed by atoms with Gasteiger partial charge in [0.1, 0.15) is 5.76 Å². The van der Waals surface area contributed by atoms with E-state index in [9.17, 15) is 15.0 Å². The predicted octanol–water partition coefficient (Wildman–Crippen LogP) is 5.75. The van der Waals surface area contributed by atoms with Crippen LogP contribution in [-0.4, -0.2) is 46.5 Å². The fourth-order valence-corrected chi connectivity index (χ4v) is 5.83. The molecule has 0 radical (unpaired) electrons. The van der Waals surface area contributed by atoms with E-state index in [1.165, 1.54) is 7.11 Å². The number of aliphatic hydroxyl groups is 2. The van der Waals surface area contributed by atoms with Crippen LogP contribution in [0.5, 0.6) is 0 Å². The van der Waals surface area contributed by atoms with Crippen LogP contribution in [0.25, 0.3) is 0 Å².